The zero-order chi connectivity index (χ0) is 18.8. The van der Waals surface area contributed by atoms with Crippen molar-refractivity contribution in [3.8, 4) is 11.8 Å². The summed E-state index contributed by atoms with van der Waals surface area (Å²) in [5.41, 5.74) is 3.13. The lowest BCUT2D eigenvalue weighted by Crippen LogP contribution is -2.41. The van der Waals surface area contributed by atoms with Crippen molar-refractivity contribution in [1.82, 2.24) is 19.9 Å². The van der Waals surface area contributed by atoms with E-state index in [4.69, 9.17) is 9.47 Å². The zero-order valence-electron chi connectivity index (χ0n) is 15.6. The standard InChI is InChI=1S/C21H22N4O2/c1-13-19(14-7-5-4-6-8-14)21(16-10-23-12-18(25-16)27-3)20(13)15-9-22-11-17(24-15)26-2/h4-13,19-21H,1-3H3/t13-,19-,20-,21+/m1/s1. The van der Waals surface area contributed by atoms with Crippen molar-refractivity contribution < 1.29 is 9.47 Å². The summed E-state index contributed by atoms with van der Waals surface area (Å²) in [5, 5.41) is 0. The van der Waals surface area contributed by atoms with Crippen LogP contribution >= 0.6 is 0 Å². The highest BCUT2D eigenvalue weighted by Crippen LogP contribution is 2.61. The van der Waals surface area contributed by atoms with Crippen LogP contribution in [-0.4, -0.2) is 34.2 Å². The molecule has 6 nitrogen and oxygen atoms in total. The SMILES string of the molecule is COc1cncc([C@H]2[C@@H](c3ccccc3)[C@@H](C)[C@@H]2c2cncc(OC)n2)n1. The number of nitrogens with zero attached hydrogens (tertiary/aromatic N) is 4. The lowest BCUT2D eigenvalue weighted by atomic mass is 9.53. The minimum absolute atomic E-state index is 0.145. The van der Waals surface area contributed by atoms with Crippen molar-refractivity contribution in [2.75, 3.05) is 14.2 Å². The van der Waals surface area contributed by atoms with Gasteiger partial charge in [-0.05, 0) is 17.4 Å². The van der Waals surface area contributed by atoms with Crippen LogP contribution < -0.4 is 9.47 Å². The molecule has 0 N–H and O–H groups in total. The van der Waals surface area contributed by atoms with Gasteiger partial charge < -0.3 is 9.47 Å². The van der Waals surface area contributed by atoms with Gasteiger partial charge in [-0.2, -0.15) is 0 Å². The van der Waals surface area contributed by atoms with E-state index in [0.717, 1.165) is 11.4 Å². The van der Waals surface area contributed by atoms with Crippen LogP contribution in [-0.2, 0) is 0 Å². The molecule has 0 amide bonds. The maximum Gasteiger partial charge on any atom is 0.232 e. The third-order valence-electron chi connectivity index (χ3n) is 5.45. The molecule has 2 aromatic heterocycles. The highest BCUT2D eigenvalue weighted by atomic mass is 16.5. The average molecular weight is 362 g/mol. The van der Waals surface area contributed by atoms with Gasteiger partial charge in [-0.1, -0.05) is 37.3 Å². The molecular formula is C21H22N4O2. The topological polar surface area (TPSA) is 70.0 Å². The van der Waals surface area contributed by atoms with Crippen molar-refractivity contribution >= 4 is 0 Å². The van der Waals surface area contributed by atoms with Gasteiger partial charge in [0.25, 0.3) is 0 Å². The van der Waals surface area contributed by atoms with Gasteiger partial charge in [0.2, 0.25) is 11.8 Å². The quantitative estimate of drug-likeness (QED) is 0.691. The van der Waals surface area contributed by atoms with Crippen molar-refractivity contribution in [2.24, 2.45) is 5.92 Å². The largest absolute Gasteiger partial charge is 0.480 e. The fourth-order valence-corrected chi connectivity index (χ4v) is 4.21. The molecule has 4 rings (SSSR count). The first-order valence-corrected chi connectivity index (χ1v) is 8.99. The Morgan fingerprint density at radius 3 is 1.81 bits per heavy atom. The van der Waals surface area contributed by atoms with E-state index in [-0.39, 0.29) is 11.8 Å². The Kier molecular flexibility index (Phi) is 4.71. The number of ether oxygens (including phenoxy) is 2. The van der Waals surface area contributed by atoms with Crippen LogP contribution in [0.25, 0.3) is 0 Å². The van der Waals surface area contributed by atoms with Gasteiger partial charge in [0.15, 0.2) is 0 Å². The normalized spacial score (nSPS) is 24.1. The molecule has 0 aliphatic heterocycles. The van der Waals surface area contributed by atoms with Gasteiger partial charge in [-0.3, -0.25) is 9.97 Å². The summed E-state index contributed by atoms with van der Waals surface area (Å²) in [5.74, 6) is 2.08. The number of benzene rings is 1. The Balaban J connectivity index is 1.78. The fourth-order valence-electron chi connectivity index (χ4n) is 4.21. The van der Waals surface area contributed by atoms with Crippen LogP contribution in [0.4, 0.5) is 0 Å². The molecule has 1 aliphatic carbocycles. The van der Waals surface area contributed by atoms with Crippen LogP contribution in [0.1, 0.15) is 41.6 Å². The molecule has 1 saturated carbocycles. The molecule has 138 valence electrons. The molecule has 0 unspecified atom stereocenters. The van der Waals surface area contributed by atoms with Gasteiger partial charge >= 0.3 is 0 Å². The van der Waals surface area contributed by atoms with E-state index < -0.39 is 0 Å². The number of hydrogen-bond acceptors (Lipinski definition) is 6. The molecule has 0 radical (unpaired) electrons. The lowest BCUT2D eigenvalue weighted by Gasteiger charge is -2.50. The summed E-state index contributed by atoms with van der Waals surface area (Å²) in [6, 6.07) is 10.5. The van der Waals surface area contributed by atoms with E-state index in [1.54, 1.807) is 26.6 Å². The Bertz CT molecular complexity index is 919. The summed E-state index contributed by atoms with van der Waals surface area (Å²) >= 11 is 0. The second-order valence-corrected chi connectivity index (χ2v) is 6.82. The molecule has 27 heavy (non-hydrogen) atoms. The van der Waals surface area contributed by atoms with E-state index in [0.29, 0.717) is 23.6 Å². The van der Waals surface area contributed by atoms with Crippen LogP contribution in [0.3, 0.4) is 0 Å². The molecule has 1 aromatic carbocycles. The van der Waals surface area contributed by atoms with Crippen LogP contribution in [0, 0.1) is 5.92 Å². The average Bonchev–Trinajstić information content (AvgIpc) is 2.73. The third-order valence-corrected chi connectivity index (χ3v) is 5.45. The summed E-state index contributed by atoms with van der Waals surface area (Å²) in [6.45, 7) is 2.26. The van der Waals surface area contributed by atoms with Crippen molar-refractivity contribution in [3.63, 3.8) is 0 Å². The van der Waals surface area contributed by atoms with E-state index in [1.165, 1.54) is 5.56 Å². The maximum absolute atomic E-state index is 5.30. The predicted octanol–water partition coefficient (Wildman–Crippen LogP) is 3.58. The van der Waals surface area contributed by atoms with Crippen LogP contribution in [0.2, 0.25) is 0 Å². The van der Waals surface area contributed by atoms with Crippen LogP contribution in [0.15, 0.2) is 55.1 Å². The van der Waals surface area contributed by atoms with Gasteiger partial charge in [-0.15, -0.1) is 0 Å². The summed E-state index contributed by atoms with van der Waals surface area (Å²) in [7, 11) is 3.21. The van der Waals surface area contributed by atoms with E-state index >= 15 is 0 Å². The first-order chi connectivity index (χ1) is 13.2. The molecular weight excluding hydrogens is 340 g/mol. The molecule has 1 aliphatic rings. The summed E-state index contributed by atoms with van der Waals surface area (Å²) in [6.07, 6.45) is 6.91. The Hall–Kier alpha value is -3.02. The number of hydrogen-bond donors (Lipinski definition) is 0. The van der Waals surface area contributed by atoms with Crippen molar-refractivity contribution in [3.05, 3.63) is 72.1 Å². The molecule has 2 heterocycles. The molecule has 4 atom stereocenters. The molecule has 6 heteroatoms. The van der Waals surface area contributed by atoms with E-state index in [2.05, 4.69) is 51.1 Å². The number of aromatic nitrogens is 4. The Morgan fingerprint density at radius 1 is 0.704 bits per heavy atom. The highest BCUT2D eigenvalue weighted by molar-refractivity contribution is 5.37. The first kappa shape index (κ1) is 17.4. The zero-order valence-corrected chi connectivity index (χ0v) is 15.6. The second kappa shape index (κ2) is 7.31. The van der Waals surface area contributed by atoms with Gasteiger partial charge in [0, 0.05) is 24.2 Å². The molecule has 3 aromatic rings. The summed E-state index contributed by atoms with van der Waals surface area (Å²) in [4.78, 5) is 18.0. The van der Waals surface area contributed by atoms with Gasteiger partial charge in [-0.25, -0.2) is 9.97 Å². The Morgan fingerprint density at radius 2 is 1.26 bits per heavy atom. The van der Waals surface area contributed by atoms with E-state index in [9.17, 15) is 0 Å². The molecule has 0 bridgehead atoms. The second-order valence-electron chi connectivity index (χ2n) is 6.82. The number of methoxy groups -OCH3 is 2. The molecule has 0 spiro atoms. The maximum atomic E-state index is 5.30. The van der Waals surface area contributed by atoms with Gasteiger partial charge in [0.1, 0.15) is 0 Å². The monoisotopic (exact) mass is 362 g/mol. The molecule has 1 fully saturated rings. The minimum Gasteiger partial charge on any atom is -0.480 e. The van der Waals surface area contributed by atoms with E-state index in [1.807, 2.05) is 18.5 Å². The van der Waals surface area contributed by atoms with Crippen LogP contribution in [0.5, 0.6) is 11.8 Å². The fraction of sp³-hybridized carbons (Fsp3) is 0.333. The Labute approximate surface area is 158 Å². The van der Waals surface area contributed by atoms with Crippen molar-refractivity contribution in [1.29, 1.82) is 0 Å². The van der Waals surface area contributed by atoms with Crippen molar-refractivity contribution in [2.45, 2.75) is 24.7 Å². The predicted molar refractivity (Wildman–Crippen MR) is 101 cm³/mol. The molecule has 0 saturated heterocycles. The smallest absolute Gasteiger partial charge is 0.232 e. The minimum atomic E-state index is 0.145. The first-order valence-electron chi connectivity index (χ1n) is 8.99. The summed E-state index contributed by atoms with van der Waals surface area (Å²) < 4.78 is 10.6. The number of rotatable bonds is 5. The highest BCUT2D eigenvalue weighted by Gasteiger charge is 2.51. The lowest BCUT2D eigenvalue weighted by molar-refractivity contribution is 0.164. The third kappa shape index (κ3) is 3.12. The van der Waals surface area contributed by atoms with Gasteiger partial charge in [0.05, 0.1) is 38.0 Å².